The molecule has 2 heterocycles. The van der Waals surface area contributed by atoms with E-state index >= 15 is 0 Å². The largest absolute Gasteiger partial charge is 0.495 e. The van der Waals surface area contributed by atoms with Crippen molar-refractivity contribution in [3.8, 4) is 17.2 Å². The third-order valence-corrected chi connectivity index (χ3v) is 5.32. The van der Waals surface area contributed by atoms with Crippen LogP contribution in [0, 0.1) is 5.92 Å². The summed E-state index contributed by atoms with van der Waals surface area (Å²) in [6, 6.07) is 12.2. The molecular formula is C23H24N2O7. The number of nitrogens with one attached hydrogen (secondary N) is 1. The number of hydrogen-bond acceptors (Lipinski definition) is 7. The van der Waals surface area contributed by atoms with Crippen LogP contribution in [0.2, 0.25) is 0 Å². The Morgan fingerprint density at radius 3 is 2.66 bits per heavy atom. The minimum Gasteiger partial charge on any atom is -0.495 e. The average molecular weight is 440 g/mol. The van der Waals surface area contributed by atoms with Gasteiger partial charge in [-0.05, 0) is 31.2 Å². The van der Waals surface area contributed by atoms with Crippen LogP contribution in [-0.4, -0.2) is 50.8 Å². The normalized spacial score (nSPS) is 18.1. The maximum Gasteiger partial charge on any atom is 0.312 e. The molecule has 0 spiro atoms. The summed E-state index contributed by atoms with van der Waals surface area (Å²) in [7, 11) is 1.50. The Labute approximate surface area is 185 Å². The number of fused-ring (bicyclic) bond motifs is 1. The highest BCUT2D eigenvalue weighted by Crippen LogP contribution is 2.36. The molecule has 32 heavy (non-hydrogen) atoms. The van der Waals surface area contributed by atoms with E-state index < -0.39 is 23.9 Å². The van der Waals surface area contributed by atoms with E-state index in [1.807, 2.05) is 0 Å². The summed E-state index contributed by atoms with van der Waals surface area (Å²) in [6.45, 7) is 2.57. The quantitative estimate of drug-likeness (QED) is 0.688. The van der Waals surface area contributed by atoms with Crippen LogP contribution in [0.1, 0.15) is 13.3 Å². The van der Waals surface area contributed by atoms with Gasteiger partial charge in [-0.25, -0.2) is 0 Å². The number of anilines is 2. The fourth-order valence-corrected chi connectivity index (χ4v) is 3.62. The van der Waals surface area contributed by atoms with Crippen LogP contribution < -0.4 is 24.4 Å². The second kappa shape index (κ2) is 9.17. The second-order valence-corrected chi connectivity index (χ2v) is 7.50. The zero-order valence-corrected chi connectivity index (χ0v) is 17.8. The molecule has 9 nitrogen and oxygen atoms in total. The highest BCUT2D eigenvalue weighted by atomic mass is 16.6. The van der Waals surface area contributed by atoms with Crippen molar-refractivity contribution in [2.24, 2.45) is 5.92 Å². The van der Waals surface area contributed by atoms with Crippen molar-refractivity contribution >= 4 is 29.2 Å². The monoisotopic (exact) mass is 440 g/mol. The number of benzene rings is 2. The molecule has 2 aliphatic heterocycles. The zero-order chi connectivity index (χ0) is 22.7. The Balaban J connectivity index is 1.36. The number of amides is 2. The Hall–Kier alpha value is -3.75. The molecule has 168 valence electrons. The summed E-state index contributed by atoms with van der Waals surface area (Å²) in [6.07, 6.45) is -1.03. The highest BCUT2D eigenvalue weighted by Gasteiger charge is 2.37. The predicted octanol–water partition coefficient (Wildman–Crippen LogP) is 2.39. The fraction of sp³-hybridized carbons (Fsp3) is 0.348. The first-order valence-corrected chi connectivity index (χ1v) is 10.3. The van der Waals surface area contributed by atoms with Crippen LogP contribution in [0.15, 0.2) is 42.5 Å². The minimum absolute atomic E-state index is 0.00806. The van der Waals surface area contributed by atoms with Gasteiger partial charge in [0.25, 0.3) is 5.91 Å². The number of ether oxygens (including phenoxy) is 4. The SMILES string of the molecule is COc1ccccc1NC(=O)[C@H](C)OC(=O)[C@H]1CC(=O)N(c2ccc3c(c2)OCCO3)C1. The Bertz CT molecular complexity index is 1040. The van der Waals surface area contributed by atoms with Gasteiger partial charge in [-0.3, -0.25) is 14.4 Å². The molecule has 2 amide bonds. The van der Waals surface area contributed by atoms with Crippen LogP contribution in [0.25, 0.3) is 0 Å². The lowest BCUT2D eigenvalue weighted by Crippen LogP contribution is -2.33. The number of rotatable bonds is 6. The predicted molar refractivity (Wildman–Crippen MR) is 115 cm³/mol. The van der Waals surface area contributed by atoms with Gasteiger partial charge in [-0.2, -0.15) is 0 Å². The smallest absolute Gasteiger partial charge is 0.312 e. The summed E-state index contributed by atoms with van der Waals surface area (Å²) in [5, 5.41) is 2.69. The number of methoxy groups -OCH3 is 1. The highest BCUT2D eigenvalue weighted by molar-refractivity contribution is 6.00. The van der Waals surface area contributed by atoms with Gasteiger partial charge in [0.05, 0.1) is 18.7 Å². The molecule has 0 radical (unpaired) electrons. The standard InChI is InChI=1S/C23H24N2O7/c1-14(22(27)24-17-5-3-4-6-18(17)29-2)32-23(28)15-11-21(26)25(13-15)16-7-8-19-20(12-16)31-10-9-30-19/h3-8,12,14-15H,9-11,13H2,1-2H3,(H,24,27)/t14-,15-/m0/s1. The fourth-order valence-electron chi connectivity index (χ4n) is 3.62. The molecule has 2 aliphatic rings. The van der Waals surface area contributed by atoms with E-state index in [4.69, 9.17) is 18.9 Å². The van der Waals surface area contributed by atoms with E-state index in [0.717, 1.165) is 0 Å². The molecule has 0 aromatic heterocycles. The van der Waals surface area contributed by atoms with Crippen molar-refractivity contribution in [3.63, 3.8) is 0 Å². The lowest BCUT2D eigenvalue weighted by Gasteiger charge is -2.22. The number of carbonyl (C=O) groups is 3. The third-order valence-electron chi connectivity index (χ3n) is 5.32. The van der Waals surface area contributed by atoms with Gasteiger partial charge in [0.2, 0.25) is 5.91 Å². The van der Waals surface area contributed by atoms with Gasteiger partial charge in [-0.1, -0.05) is 12.1 Å². The van der Waals surface area contributed by atoms with E-state index in [1.54, 1.807) is 42.5 Å². The van der Waals surface area contributed by atoms with Crippen molar-refractivity contribution in [3.05, 3.63) is 42.5 Å². The van der Waals surface area contributed by atoms with E-state index in [0.29, 0.717) is 41.8 Å². The van der Waals surface area contributed by atoms with E-state index in [1.165, 1.54) is 18.9 Å². The lowest BCUT2D eigenvalue weighted by molar-refractivity contribution is -0.157. The summed E-state index contributed by atoms with van der Waals surface area (Å²) < 4.78 is 21.6. The van der Waals surface area contributed by atoms with Gasteiger partial charge >= 0.3 is 5.97 Å². The van der Waals surface area contributed by atoms with Gasteiger partial charge in [0.1, 0.15) is 19.0 Å². The molecule has 2 atom stereocenters. The molecule has 0 unspecified atom stereocenters. The molecule has 0 saturated carbocycles. The van der Waals surface area contributed by atoms with Crippen LogP contribution in [0.3, 0.4) is 0 Å². The number of nitrogens with zero attached hydrogens (tertiary/aromatic N) is 1. The van der Waals surface area contributed by atoms with Gasteiger partial charge in [-0.15, -0.1) is 0 Å². The molecule has 0 aliphatic carbocycles. The van der Waals surface area contributed by atoms with Crippen molar-refractivity contribution in [2.45, 2.75) is 19.4 Å². The molecule has 0 bridgehead atoms. The molecular weight excluding hydrogens is 416 g/mol. The number of carbonyl (C=O) groups excluding carboxylic acids is 3. The summed E-state index contributed by atoms with van der Waals surface area (Å²) in [5.74, 6) is -0.272. The third kappa shape index (κ3) is 4.46. The summed E-state index contributed by atoms with van der Waals surface area (Å²) in [4.78, 5) is 39.2. The first kappa shape index (κ1) is 21.5. The summed E-state index contributed by atoms with van der Waals surface area (Å²) >= 11 is 0. The average Bonchev–Trinajstić information content (AvgIpc) is 3.20. The maximum absolute atomic E-state index is 12.6. The number of hydrogen-bond donors (Lipinski definition) is 1. The van der Waals surface area contributed by atoms with Gasteiger partial charge < -0.3 is 29.2 Å². The van der Waals surface area contributed by atoms with Crippen LogP contribution in [0.4, 0.5) is 11.4 Å². The maximum atomic E-state index is 12.6. The van der Waals surface area contributed by atoms with Crippen LogP contribution in [-0.2, 0) is 19.1 Å². The van der Waals surface area contributed by atoms with Crippen molar-refractivity contribution in [1.82, 2.24) is 0 Å². The second-order valence-electron chi connectivity index (χ2n) is 7.50. The van der Waals surface area contributed by atoms with Crippen molar-refractivity contribution in [2.75, 3.05) is 37.1 Å². The number of para-hydroxylation sites is 2. The molecule has 4 rings (SSSR count). The molecule has 2 aromatic rings. The number of esters is 1. The van der Waals surface area contributed by atoms with Gasteiger partial charge in [0, 0.05) is 24.7 Å². The van der Waals surface area contributed by atoms with Crippen LogP contribution >= 0.6 is 0 Å². The Morgan fingerprint density at radius 1 is 1.12 bits per heavy atom. The van der Waals surface area contributed by atoms with Crippen molar-refractivity contribution in [1.29, 1.82) is 0 Å². The van der Waals surface area contributed by atoms with E-state index in [9.17, 15) is 14.4 Å². The zero-order valence-electron chi connectivity index (χ0n) is 17.8. The molecule has 1 saturated heterocycles. The van der Waals surface area contributed by atoms with Crippen LogP contribution in [0.5, 0.6) is 17.2 Å². The van der Waals surface area contributed by atoms with E-state index in [2.05, 4.69) is 5.32 Å². The van der Waals surface area contributed by atoms with Crippen molar-refractivity contribution < 1.29 is 33.3 Å². The topological polar surface area (TPSA) is 103 Å². The molecule has 2 aromatic carbocycles. The first-order valence-electron chi connectivity index (χ1n) is 10.3. The minimum atomic E-state index is -1.04. The molecule has 1 fully saturated rings. The van der Waals surface area contributed by atoms with Gasteiger partial charge in [0.15, 0.2) is 17.6 Å². The Morgan fingerprint density at radius 2 is 1.88 bits per heavy atom. The lowest BCUT2D eigenvalue weighted by atomic mass is 10.1. The van der Waals surface area contributed by atoms with E-state index in [-0.39, 0.29) is 18.9 Å². The Kier molecular flexibility index (Phi) is 6.16. The summed E-state index contributed by atoms with van der Waals surface area (Å²) in [5.41, 5.74) is 1.10. The molecule has 1 N–H and O–H groups in total. The first-order chi connectivity index (χ1) is 15.5. The molecule has 9 heteroatoms.